The van der Waals surface area contributed by atoms with E-state index in [1.54, 1.807) is 18.6 Å². The maximum atomic E-state index is 5.65. The Balaban J connectivity index is 0.000000791. The molecule has 0 radical (unpaired) electrons. The Morgan fingerprint density at radius 2 is 2.07 bits per heavy atom. The molecule has 0 bridgehead atoms. The Hall–Kier alpha value is -1.38. The van der Waals surface area contributed by atoms with E-state index < -0.39 is 0 Å². The third kappa shape index (κ3) is 4.60. The molecule has 0 unspecified atom stereocenters. The van der Waals surface area contributed by atoms with Gasteiger partial charge >= 0.3 is 0 Å². The second-order valence-electron chi connectivity index (χ2n) is 2.88. The van der Waals surface area contributed by atoms with Crippen LogP contribution in [0.5, 0.6) is 0 Å². The summed E-state index contributed by atoms with van der Waals surface area (Å²) in [5.74, 6) is 0. The zero-order chi connectivity index (χ0) is 11.0. The van der Waals surface area contributed by atoms with Gasteiger partial charge in [0.1, 0.15) is 0 Å². The SMILES string of the molecule is CC.CC(C)N=Cc1ccncc1N. The number of aliphatic imine (C=N–C) groups is 1. The number of anilines is 1. The third-order valence-corrected chi connectivity index (χ3v) is 1.40. The second-order valence-corrected chi connectivity index (χ2v) is 2.88. The number of hydrogen-bond acceptors (Lipinski definition) is 3. The van der Waals surface area contributed by atoms with Crippen LogP contribution in [0, 0.1) is 0 Å². The Bertz CT molecular complexity index is 280. The van der Waals surface area contributed by atoms with Crippen LogP contribution in [0.25, 0.3) is 0 Å². The molecule has 3 heteroatoms. The van der Waals surface area contributed by atoms with Crippen LogP contribution in [0.1, 0.15) is 33.3 Å². The number of rotatable bonds is 2. The molecule has 1 aromatic heterocycles. The minimum absolute atomic E-state index is 0.303. The minimum Gasteiger partial charge on any atom is -0.397 e. The lowest BCUT2D eigenvalue weighted by atomic mass is 10.2. The van der Waals surface area contributed by atoms with Crippen molar-refractivity contribution in [1.82, 2.24) is 4.98 Å². The second kappa shape index (κ2) is 7.06. The van der Waals surface area contributed by atoms with Gasteiger partial charge in [0.25, 0.3) is 0 Å². The van der Waals surface area contributed by atoms with Gasteiger partial charge in [-0.15, -0.1) is 0 Å². The van der Waals surface area contributed by atoms with Crippen molar-refractivity contribution in [3.05, 3.63) is 24.0 Å². The van der Waals surface area contributed by atoms with E-state index in [2.05, 4.69) is 9.98 Å². The van der Waals surface area contributed by atoms with Crippen molar-refractivity contribution in [1.29, 1.82) is 0 Å². The van der Waals surface area contributed by atoms with Gasteiger partial charge in [0.15, 0.2) is 0 Å². The van der Waals surface area contributed by atoms with Crippen molar-refractivity contribution in [3.8, 4) is 0 Å². The molecule has 0 fully saturated rings. The molecule has 0 amide bonds. The van der Waals surface area contributed by atoms with E-state index in [-0.39, 0.29) is 0 Å². The Morgan fingerprint density at radius 3 is 2.57 bits per heavy atom. The fourth-order valence-electron chi connectivity index (χ4n) is 0.764. The predicted molar refractivity (Wildman–Crippen MR) is 62.7 cm³/mol. The van der Waals surface area contributed by atoms with E-state index in [0.29, 0.717) is 11.7 Å². The molecular weight excluding hydrogens is 174 g/mol. The molecule has 0 saturated carbocycles. The smallest absolute Gasteiger partial charge is 0.0589 e. The van der Waals surface area contributed by atoms with Gasteiger partial charge in [0, 0.05) is 24.0 Å². The summed E-state index contributed by atoms with van der Waals surface area (Å²) in [6, 6.07) is 2.15. The van der Waals surface area contributed by atoms with Crippen LogP contribution in [0.4, 0.5) is 5.69 Å². The van der Waals surface area contributed by atoms with Crippen LogP contribution in [-0.4, -0.2) is 17.2 Å². The Kier molecular flexibility index (Phi) is 6.37. The number of pyridine rings is 1. The summed E-state index contributed by atoms with van der Waals surface area (Å²) in [7, 11) is 0. The number of hydrogen-bond donors (Lipinski definition) is 1. The van der Waals surface area contributed by atoms with E-state index in [4.69, 9.17) is 5.73 Å². The molecule has 14 heavy (non-hydrogen) atoms. The quantitative estimate of drug-likeness (QED) is 0.734. The van der Waals surface area contributed by atoms with Crippen LogP contribution in [0.3, 0.4) is 0 Å². The number of nitrogens with two attached hydrogens (primary N) is 1. The molecule has 0 spiro atoms. The number of nitrogen functional groups attached to an aromatic ring is 1. The average molecular weight is 193 g/mol. The van der Waals surface area contributed by atoms with E-state index in [0.717, 1.165) is 5.56 Å². The summed E-state index contributed by atoms with van der Waals surface area (Å²) >= 11 is 0. The molecule has 3 nitrogen and oxygen atoms in total. The van der Waals surface area contributed by atoms with Crippen molar-refractivity contribution in [2.75, 3.05) is 5.73 Å². The van der Waals surface area contributed by atoms with E-state index in [1.807, 2.05) is 33.8 Å². The normalized spacial score (nSPS) is 10.1. The van der Waals surface area contributed by atoms with Gasteiger partial charge in [-0.05, 0) is 19.9 Å². The zero-order valence-corrected chi connectivity index (χ0v) is 9.36. The van der Waals surface area contributed by atoms with Crippen molar-refractivity contribution >= 4 is 11.9 Å². The van der Waals surface area contributed by atoms with Crippen LogP contribution >= 0.6 is 0 Å². The van der Waals surface area contributed by atoms with Gasteiger partial charge in [-0.2, -0.15) is 0 Å². The van der Waals surface area contributed by atoms with Gasteiger partial charge in [-0.1, -0.05) is 13.8 Å². The molecule has 0 aliphatic rings. The van der Waals surface area contributed by atoms with E-state index >= 15 is 0 Å². The summed E-state index contributed by atoms with van der Waals surface area (Å²) in [5, 5.41) is 0. The molecule has 0 aliphatic heterocycles. The lowest BCUT2D eigenvalue weighted by Gasteiger charge is -1.98. The van der Waals surface area contributed by atoms with Gasteiger partial charge in [-0.25, -0.2) is 0 Å². The van der Waals surface area contributed by atoms with Gasteiger partial charge < -0.3 is 5.73 Å². The highest BCUT2D eigenvalue weighted by molar-refractivity contribution is 5.86. The molecule has 78 valence electrons. The summed E-state index contributed by atoms with van der Waals surface area (Å²) in [6.07, 6.45) is 5.11. The molecule has 0 aliphatic carbocycles. The molecular formula is C11H19N3. The topological polar surface area (TPSA) is 51.3 Å². The standard InChI is InChI=1S/C9H13N3.C2H6/c1-7(2)12-5-8-3-4-11-6-9(8)10;1-2/h3-7H,10H2,1-2H3;1-2H3. The number of nitrogens with zero attached hydrogens (tertiary/aromatic N) is 2. The first kappa shape index (κ1) is 12.6. The number of aromatic nitrogens is 1. The highest BCUT2D eigenvalue weighted by atomic mass is 14.8. The predicted octanol–water partition coefficient (Wildman–Crippen LogP) is 2.52. The lowest BCUT2D eigenvalue weighted by molar-refractivity contribution is 0.841. The van der Waals surface area contributed by atoms with E-state index in [9.17, 15) is 0 Å². The van der Waals surface area contributed by atoms with Crippen LogP contribution in [-0.2, 0) is 0 Å². The molecule has 0 aromatic carbocycles. The average Bonchev–Trinajstić information content (AvgIpc) is 2.19. The Labute approximate surface area is 86.1 Å². The van der Waals surface area contributed by atoms with Crippen molar-refractivity contribution < 1.29 is 0 Å². The Morgan fingerprint density at radius 1 is 1.43 bits per heavy atom. The van der Waals surface area contributed by atoms with Crippen molar-refractivity contribution in [3.63, 3.8) is 0 Å². The largest absolute Gasteiger partial charge is 0.397 e. The molecule has 1 heterocycles. The summed E-state index contributed by atoms with van der Waals surface area (Å²) in [4.78, 5) is 8.11. The molecule has 0 saturated heterocycles. The summed E-state index contributed by atoms with van der Waals surface area (Å²) in [5.41, 5.74) is 7.25. The molecule has 2 N–H and O–H groups in total. The third-order valence-electron chi connectivity index (χ3n) is 1.40. The highest BCUT2D eigenvalue weighted by Crippen LogP contribution is 2.05. The lowest BCUT2D eigenvalue weighted by Crippen LogP contribution is -1.96. The first-order valence-corrected chi connectivity index (χ1v) is 4.93. The van der Waals surface area contributed by atoms with E-state index in [1.165, 1.54) is 0 Å². The fraction of sp³-hybridized carbons (Fsp3) is 0.455. The maximum absolute atomic E-state index is 5.65. The van der Waals surface area contributed by atoms with Crippen LogP contribution in [0.15, 0.2) is 23.5 Å². The van der Waals surface area contributed by atoms with Crippen LogP contribution < -0.4 is 5.73 Å². The first-order chi connectivity index (χ1) is 6.70. The summed E-state index contributed by atoms with van der Waals surface area (Å²) < 4.78 is 0. The fourth-order valence-corrected chi connectivity index (χ4v) is 0.764. The maximum Gasteiger partial charge on any atom is 0.0589 e. The minimum atomic E-state index is 0.303. The first-order valence-electron chi connectivity index (χ1n) is 4.93. The van der Waals surface area contributed by atoms with Gasteiger partial charge in [0.05, 0.1) is 11.9 Å². The molecule has 1 rings (SSSR count). The monoisotopic (exact) mass is 193 g/mol. The highest BCUT2D eigenvalue weighted by Gasteiger charge is 1.93. The van der Waals surface area contributed by atoms with Crippen molar-refractivity contribution in [2.24, 2.45) is 4.99 Å². The van der Waals surface area contributed by atoms with Crippen molar-refractivity contribution in [2.45, 2.75) is 33.7 Å². The molecule has 1 aromatic rings. The summed E-state index contributed by atoms with van der Waals surface area (Å²) in [6.45, 7) is 8.04. The van der Waals surface area contributed by atoms with Gasteiger partial charge in [0.2, 0.25) is 0 Å². The molecule has 0 atom stereocenters. The van der Waals surface area contributed by atoms with Crippen LogP contribution in [0.2, 0.25) is 0 Å². The van der Waals surface area contributed by atoms with Gasteiger partial charge in [-0.3, -0.25) is 9.98 Å². The zero-order valence-electron chi connectivity index (χ0n) is 9.36.